The predicted octanol–water partition coefficient (Wildman–Crippen LogP) is 4.32. The van der Waals surface area contributed by atoms with Crippen LogP contribution in [0.2, 0.25) is 0 Å². The Kier molecular flexibility index (Phi) is 4.22. The monoisotopic (exact) mass is 319 g/mol. The third-order valence-corrected chi connectivity index (χ3v) is 3.43. The van der Waals surface area contributed by atoms with Crippen LogP contribution in [0.15, 0.2) is 53.0 Å². The Hall–Kier alpha value is -1.81. The molecule has 98 valence electrons. The van der Waals surface area contributed by atoms with Crippen LogP contribution in [0.25, 0.3) is 0 Å². The molecule has 1 atom stereocenters. The van der Waals surface area contributed by atoms with Crippen molar-refractivity contribution in [2.24, 2.45) is 0 Å². The molecule has 0 spiro atoms. The highest BCUT2D eigenvalue weighted by Gasteiger charge is 2.12. The maximum atomic E-state index is 11.1. The molecule has 0 saturated heterocycles. The second-order valence-electron chi connectivity index (χ2n) is 4.27. The van der Waals surface area contributed by atoms with Gasteiger partial charge in [0, 0.05) is 16.2 Å². The molecule has 0 bridgehead atoms. The number of carboxylic acid groups (broad SMARTS) is 1. The summed E-state index contributed by atoms with van der Waals surface area (Å²) in [4.78, 5) is 11.1. The standard InChI is InChI=1S/C15H14BrNO2/c1-10(11-6-8-12(16)9-7-11)17-14-5-3-2-4-13(14)15(18)19/h2-10,17H,1H3,(H,18,19). The number of rotatable bonds is 4. The zero-order chi connectivity index (χ0) is 13.8. The Balaban J connectivity index is 2.21. The molecule has 2 aromatic rings. The molecule has 0 amide bonds. The molecular weight excluding hydrogens is 306 g/mol. The fourth-order valence-electron chi connectivity index (χ4n) is 1.86. The molecule has 0 radical (unpaired) electrons. The maximum Gasteiger partial charge on any atom is 0.337 e. The van der Waals surface area contributed by atoms with Crippen LogP contribution in [-0.4, -0.2) is 11.1 Å². The van der Waals surface area contributed by atoms with Gasteiger partial charge in [0.15, 0.2) is 0 Å². The van der Waals surface area contributed by atoms with Crippen LogP contribution in [0.3, 0.4) is 0 Å². The number of hydrogen-bond acceptors (Lipinski definition) is 2. The summed E-state index contributed by atoms with van der Waals surface area (Å²) in [6, 6.07) is 14.9. The fraction of sp³-hybridized carbons (Fsp3) is 0.133. The van der Waals surface area contributed by atoms with Crippen LogP contribution < -0.4 is 5.32 Å². The van der Waals surface area contributed by atoms with E-state index in [9.17, 15) is 4.79 Å². The smallest absolute Gasteiger partial charge is 0.337 e. The van der Waals surface area contributed by atoms with E-state index in [0.29, 0.717) is 5.69 Å². The molecule has 2 aromatic carbocycles. The van der Waals surface area contributed by atoms with Crippen molar-refractivity contribution in [2.45, 2.75) is 13.0 Å². The summed E-state index contributed by atoms with van der Waals surface area (Å²) >= 11 is 3.39. The molecule has 0 fully saturated rings. The van der Waals surface area contributed by atoms with Gasteiger partial charge in [-0.05, 0) is 36.8 Å². The van der Waals surface area contributed by atoms with Gasteiger partial charge in [-0.1, -0.05) is 40.2 Å². The van der Waals surface area contributed by atoms with Crippen LogP contribution in [0.1, 0.15) is 28.9 Å². The quantitative estimate of drug-likeness (QED) is 0.882. The van der Waals surface area contributed by atoms with Crippen molar-refractivity contribution in [1.29, 1.82) is 0 Å². The van der Waals surface area contributed by atoms with Crippen molar-refractivity contribution in [1.82, 2.24) is 0 Å². The van der Waals surface area contributed by atoms with Crippen molar-refractivity contribution < 1.29 is 9.90 Å². The van der Waals surface area contributed by atoms with Crippen LogP contribution >= 0.6 is 15.9 Å². The fourth-order valence-corrected chi connectivity index (χ4v) is 2.13. The van der Waals surface area contributed by atoms with Gasteiger partial charge >= 0.3 is 5.97 Å². The van der Waals surface area contributed by atoms with Crippen molar-refractivity contribution in [3.8, 4) is 0 Å². The third kappa shape index (κ3) is 3.35. The molecule has 0 heterocycles. The van der Waals surface area contributed by atoms with E-state index >= 15 is 0 Å². The molecular formula is C15H14BrNO2. The van der Waals surface area contributed by atoms with Gasteiger partial charge in [0.25, 0.3) is 0 Å². The Bertz CT molecular complexity index is 581. The Morgan fingerprint density at radius 3 is 2.42 bits per heavy atom. The van der Waals surface area contributed by atoms with Gasteiger partial charge in [-0.25, -0.2) is 4.79 Å². The zero-order valence-corrected chi connectivity index (χ0v) is 12.0. The van der Waals surface area contributed by atoms with Crippen LogP contribution in [0.5, 0.6) is 0 Å². The topological polar surface area (TPSA) is 49.3 Å². The van der Waals surface area contributed by atoms with Gasteiger partial charge in [-0.15, -0.1) is 0 Å². The number of nitrogens with one attached hydrogen (secondary N) is 1. The molecule has 0 saturated carbocycles. The maximum absolute atomic E-state index is 11.1. The van der Waals surface area contributed by atoms with E-state index in [1.54, 1.807) is 18.2 Å². The van der Waals surface area contributed by atoms with Gasteiger partial charge in [0.05, 0.1) is 5.56 Å². The van der Waals surface area contributed by atoms with Crippen LogP contribution in [0.4, 0.5) is 5.69 Å². The number of benzene rings is 2. The molecule has 0 aliphatic heterocycles. The van der Waals surface area contributed by atoms with Gasteiger partial charge in [-0.2, -0.15) is 0 Å². The van der Waals surface area contributed by atoms with Crippen LogP contribution in [-0.2, 0) is 0 Å². The Morgan fingerprint density at radius 1 is 1.16 bits per heavy atom. The van der Waals surface area contributed by atoms with E-state index in [1.807, 2.05) is 37.3 Å². The van der Waals surface area contributed by atoms with Crippen molar-refractivity contribution in [3.63, 3.8) is 0 Å². The summed E-state index contributed by atoms with van der Waals surface area (Å²) in [5, 5.41) is 12.4. The van der Waals surface area contributed by atoms with E-state index in [4.69, 9.17) is 5.11 Å². The van der Waals surface area contributed by atoms with Crippen molar-refractivity contribution in [3.05, 3.63) is 64.1 Å². The van der Waals surface area contributed by atoms with Gasteiger partial charge in [0.1, 0.15) is 0 Å². The lowest BCUT2D eigenvalue weighted by Crippen LogP contribution is -2.10. The average Bonchev–Trinajstić information content (AvgIpc) is 2.39. The predicted molar refractivity (Wildman–Crippen MR) is 79.6 cm³/mol. The Labute approximate surface area is 120 Å². The number of carbonyl (C=O) groups is 1. The second-order valence-corrected chi connectivity index (χ2v) is 5.18. The molecule has 4 heteroatoms. The molecule has 0 aliphatic rings. The lowest BCUT2D eigenvalue weighted by molar-refractivity contribution is 0.0698. The lowest BCUT2D eigenvalue weighted by Gasteiger charge is -2.17. The molecule has 0 aliphatic carbocycles. The molecule has 19 heavy (non-hydrogen) atoms. The number of aromatic carboxylic acids is 1. The Morgan fingerprint density at radius 2 is 1.79 bits per heavy atom. The number of anilines is 1. The van der Waals surface area contributed by atoms with Gasteiger partial charge in [0.2, 0.25) is 0 Å². The summed E-state index contributed by atoms with van der Waals surface area (Å²) in [5.74, 6) is -0.925. The van der Waals surface area contributed by atoms with Crippen molar-refractivity contribution >= 4 is 27.6 Å². The van der Waals surface area contributed by atoms with Crippen molar-refractivity contribution in [2.75, 3.05) is 5.32 Å². The van der Waals surface area contributed by atoms with E-state index in [0.717, 1.165) is 10.0 Å². The van der Waals surface area contributed by atoms with E-state index in [-0.39, 0.29) is 11.6 Å². The molecule has 1 unspecified atom stereocenters. The van der Waals surface area contributed by atoms with Gasteiger partial charge in [-0.3, -0.25) is 0 Å². The first-order chi connectivity index (χ1) is 9.08. The third-order valence-electron chi connectivity index (χ3n) is 2.90. The highest BCUT2D eigenvalue weighted by molar-refractivity contribution is 9.10. The zero-order valence-electron chi connectivity index (χ0n) is 10.4. The summed E-state index contributed by atoms with van der Waals surface area (Å²) in [5.41, 5.74) is 2.01. The molecule has 2 rings (SSSR count). The first-order valence-electron chi connectivity index (χ1n) is 5.92. The number of halogens is 1. The summed E-state index contributed by atoms with van der Waals surface area (Å²) in [6.45, 7) is 2.00. The van der Waals surface area contributed by atoms with E-state index < -0.39 is 5.97 Å². The highest BCUT2D eigenvalue weighted by atomic mass is 79.9. The minimum Gasteiger partial charge on any atom is -0.478 e. The molecule has 3 nitrogen and oxygen atoms in total. The number of carboxylic acids is 1. The van der Waals surface area contributed by atoms with Crippen LogP contribution in [0, 0.1) is 0 Å². The number of hydrogen-bond donors (Lipinski definition) is 2. The highest BCUT2D eigenvalue weighted by Crippen LogP contribution is 2.23. The first-order valence-corrected chi connectivity index (χ1v) is 6.71. The summed E-state index contributed by atoms with van der Waals surface area (Å²) < 4.78 is 1.02. The number of para-hydroxylation sites is 1. The first kappa shape index (κ1) is 13.6. The van der Waals surface area contributed by atoms with E-state index in [2.05, 4.69) is 21.2 Å². The SMILES string of the molecule is CC(Nc1ccccc1C(=O)O)c1ccc(Br)cc1. The summed E-state index contributed by atoms with van der Waals surface area (Å²) in [7, 11) is 0. The molecule has 2 N–H and O–H groups in total. The van der Waals surface area contributed by atoms with Gasteiger partial charge < -0.3 is 10.4 Å². The second kappa shape index (κ2) is 5.89. The minimum atomic E-state index is -0.925. The lowest BCUT2D eigenvalue weighted by atomic mass is 10.1. The molecule has 0 aromatic heterocycles. The van der Waals surface area contributed by atoms with E-state index in [1.165, 1.54) is 0 Å². The largest absolute Gasteiger partial charge is 0.478 e. The summed E-state index contributed by atoms with van der Waals surface area (Å²) in [6.07, 6.45) is 0. The minimum absolute atomic E-state index is 0.0357. The average molecular weight is 320 g/mol. The normalized spacial score (nSPS) is 11.9.